The predicted molar refractivity (Wildman–Crippen MR) is 49.4 cm³/mol. The van der Waals surface area contributed by atoms with Crippen LogP contribution in [0.25, 0.3) is 0 Å². The fourth-order valence-electron chi connectivity index (χ4n) is 0.281. The van der Waals surface area contributed by atoms with Crippen LogP contribution < -0.4 is 0 Å². The van der Waals surface area contributed by atoms with Crippen molar-refractivity contribution in [2.24, 2.45) is 0 Å². The van der Waals surface area contributed by atoms with Gasteiger partial charge in [-0.1, -0.05) is 58.0 Å². The van der Waals surface area contributed by atoms with E-state index in [0.717, 1.165) is 0 Å². The van der Waals surface area contributed by atoms with Crippen LogP contribution in [0.3, 0.4) is 0 Å². The van der Waals surface area contributed by atoms with Gasteiger partial charge in [0.15, 0.2) is 6.29 Å². The van der Waals surface area contributed by atoms with Gasteiger partial charge in [-0.15, -0.1) is 0 Å². The first kappa shape index (κ1) is 11.6. The summed E-state index contributed by atoms with van der Waals surface area (Å²) >= 11 is 26.5. The van der Waals surface area contributed by atoms with E-state index in [0.29, 0.717) is 6.29 Å². The van der Waals surface area contributed by atoms with Gasteiger partial charge in [-0.2, -0.15) is 0 Å². The molecule has 0 radical (unpaired) electrons. The van der Waals surface area contributed by atoms with Crippen molar-refractivity contribution >= 4 is 64.3 Å². The largest absolute Gasteiger partial charge is 0.298 e. The molecule has 0 unspecified atom stereocenters. The van der Waals surface area contributed by atoms with E-state index in [1.807, 2.05) is 0 Å². The number of rotatable bonds is 2. The molecule has 0 saturated heterocycles. The first-order valence-corrected chi connectivity index (χ1v) is 4.11. The molecule has 0 bridgehead atoms. The van der Waals surface area contributed by atoms with Gasteiger partial charge < -0.3 is 0 Å². The molecule has 0 aromatic rings. The summed E-state index contributed by atoms with van der Waals surface area (Å²) in [6.45, 7) is 0. The van der Waals surface area contributed by atoms with Crippen molar-refractivity contribution in [3.8, 4) is 0 Å². The standard InChI is InChI=1S/C5HCl5O/c6-3(5(9)10)2(1-11)4(7)8/h1H. The van der Waals surface area contributed by atoms with Crippen LogP contribution in [0.15, 0.2) is 19.6 Å². The minimum Gasteiger partial charge on any atom is -0.298 e. The second kappa shape index (κ2) is 5.28. The van der Waals surface area contributed by atoms with Crippen molar-refractivity contribution in [3.63, 3.8) is 0 Å². The Morgan fingerprint density at radius 3 is 1.45 bits per heavy atom. The third-order valence-electron chi connectivity index (χ3n) is 0.724. The van der Waals surface area contributed by atoms with Crippen LogP contribution in [-0.4, -0.2) is 6.29 Å². The number of carbonyl (C=O) groups is 1. The molecule has 6 heteroatoms. The van der Waals surface area contributed by atoms with Crippen molar-refractivity contribution in [2.75, 3.05) is 0 Å². The van der Waals surface area contributed by atoms with Crippen molar-refractivity contribution < 1.29 is 4.79 Å². The van der Waals surface area contributed by atoms with Gasteiger partial charge >= 0.3 is 0 Å². The van der Waals surface area contributed by atoms with Gasteiger partial charge in [0.1, 0.15) is 8.98 Å². The Hall–Kier alpha value is 0.600. The number of halogens is 5. The SMILES string of the molecule is O=CC(=C(Cl)Cl)C(Cl)=C(Cl)Cl. The quantitative estimate of drug-likeness (QED) is 0.416. The molecule has 0 fully saturated rings. The molecule has 0 rings (SSSR count). The third-order valence-corrected chi connectivity index (χ3v) is 2.10. The van der Waals surface area contributed by atoms with Crippen molar-refractivity contribution in [1.29, 1.82) is 0 Å². The second-order valence-electron chi connectivity index (χ2n) is 1.37. The molecule has 0 aromatic heterocycles. The third kappa shape index (κ3) is 3.68. The number of hydrogen-bond donors (Lipinski definition) is 0. The molecule has 0 N–H and O–H groups in total. The van der Waals surface area contributed by atoms with Gasteiger partial charge in [-0.25, -0.2) is 0 Å². The van der Waals surface area contributed by atoms with Gasteiger partial charge in [0.2, 0.25) is 0 Å². The Morgan fingerprint density at radius 2 is 1.36 bits per heavy atom. The van der Waals surface area contributed by atoms with E-state index in [1.54, 1.807) is 0 Å². The predicted octanol–water partition coefficient (Wildman–Crippen LogP) is 3.76. The lowest BCUT2D eigenvalue weighted by atomic mass is 10.3. The van der Waals surface area contributed by atoms with Gasteiger partial charge in [-0.05, 0) is 0 Å². The molecule has 62 valence electrons. The van der Waals surface area contributed by atoms with Gasteiger partial charge in [-0.3, -0.25) is 4.79 Å². The summed E-state index contributed by atoms with van der Waals surface area (Å²) < 4.78 is -0.531. The summed E-state index contributed by atoms with van der Waals surface area (Å²) in [5.41, 5.74) is -0.130. The number of allylic oxidation sites excluding steroid dienone is 2. The zero-order valence-corrected chi connectivity index (χ0v) is 8.66. The minimum atomic E-state index is -0.274. The highest BCUT2D eigenvalue weighted by Crippen LogP contribution is 2.28. The number of hydrogen-bond acceptors (Lipinski definition) is 1. The fraction of sp³-hybridized carbons (Fsp3) is 0. The smallest absolute Gasteiger partial charge is 0.154 e. The monoisotopic (exact) mass is 252 g/mol. The zero-order chi connectivity index (χ0) is 9.02. The lowest BCUT2D eigenvalue weighted by Crippen LogP contribution is -1.86. The molecule has 0 saturated carbocycles. The topological polar surface area (TPSA) is 17.1 Å². The van der Waals surface area contributed by atoms with E-state index in [9.17, 15) is 4.79 Å². The first-order valence-electron chi connectivity index (χ1n) is 2.22. The maximum atomic E-state index is 10.2. The van der Waals surface area contributed by atoms with Crippen LogP contribution in [0.5, 0.6) is 0 Å². The molecule has 0 aliphatic heterocycles. The van der Waals surface area contributed by atoms with E-state index in [4.69, 9.17) is 58.0 Å². The van der Waals surface area contributed by atoms with E-state index in [1.165, 1.54) is 0 Å². The number of carbonyl (C=O) groups excluding carboxylic acids is 1. The molecule has 1 nitrogen and oxygen atoms in total. The molecular formula is C5HCl5O. The summed E-state index contributed by atoms with van der Waals surface area (Å²) in [6.07, 6.45) is 0.364. The van der Waals surface area contributed by atoms with E-state index >= 15 is 0 Å². The highest BCUT2D eigenvalue weighted by molar-refractivity contribution is 6.62. The Balaban J connectivity index is 4.99. The Labute approximate surface area is 88.5 Å². The summed E-state index contributed by atoms with van der Waals surface area (Å²) in [5.74, 6) is 0. The minimum absolute atomic E-state index is 0.130. The summed E-state index contributed by atoms with van der Waals surface area (Å²) in [5, 5.41) is -0.164. The maximum Gasteiger partial charge on any atom is 0.154 e. The molecule has 0 atom stereocenters. The molecular weight excluding hydrogens is 253 g/mol. The van der Waals surface area contributed by atoms with E-state index in [-0.39, 0.29) is 19.6 Å². The van der Waals surface area contributed by atoms with Gasteiger partial charge in [0.25, 0.3) is 0 Å². The maximum absolute atomic E-state index is 10.2. The van der Waals surface area contributed by atoms with Crippen molar-refractivity contribution in [2.45, 2.75) is 0 Å². The fourth-order valence-corrected chi connectivity index (χ4v) is 0.998. The lowest BCUT2D eigenvalue weighted by molar-refractivity contribution is -0.104. The van der Waals surface area contributed by atoms with Crippen LogP contribution in [-0.2, 0) is 4.79 Å². The van der Waals surface area contributed by atoms with Crippen LogP contribution in [0.4, 0.5) is 0 Å². The van der Waals surface area contributed by atoms with Gasteiger partial charge in [0.05, 0.1) is 10.6 Å². The van der Waals surface area contributed by atoms with Gasteiger partial charge in [0, 0.05) is 0 Å². The molecule has 0 amide bonds. The summed E-state index contributed by atoms with van der Waals surface area (Å²) in [6, 6.07) is 0. The summed E-state index contributed by atoms with van der Waals surface area (Å²) in [4.78, 5) is 10.2. The highest BCUT2D eigenvalue weighted by Gasteiger charge is 2.09. The van der Waals surface area contributed by atoms with E-state index in [2.05, 4.69) is 0 Å². The molecule has 0 aromatic carbocycles. The lowest BCUT2D eigenvalue weighted by Gasteiger charge is -1.96. The normalized spacial score (nSPS) is 8.82. The second-order valence-corrected chi connectivity index (χ2v) is 3.64. The Kier molecular flexibility index (Phi) is 5.57. The van der Waals surface area contributed by atoms with E-state index < -0.39 is 0 Å². The summed E-state index contributed by atoms with van der Waals surface area (Å²) in [7, 11) is 0. The van der Waals surface area contributed by atoms with Crippen LogP contribution in [0, 0.1) is 0 Å². The zero-order valence-electron chi connectivity index (χ0n) is 4.88. The molecule has 11 heavy (non-hydrogen) atoms. The van der Waals surface area contributed by atoms with Crippen LogP contribution >= 0.6 is 58.0 Å². The molecule has 0 heterocycles. The highest BCUT2D eigenvalue weighted by atomic mass is 35.5. The Morgan fingerprint density at radius 1 is 0.909 bits per heavy atom. The molecule has 0 spiro atoms. The van der Waals surface area contributed by atoms with Crippen LogP contribution in [0.1, 0.15) is 0 Å². The Bertz CT molecular complexity index is 221. The average molecular weight is 254 g/mol. The molecule has 0 aliphatic rings. The van der Waals surface area contributed by atoms with Crippen molar-refractivity contribution in [1.82, 2.24) is 0 Å². The molecule has 0 aliphatic carbocycles. The number of aldehydes is 1. The van der Waals surface area contributed by atoms with Crippen molar-refractivity contribution in [3.05, 3.63) is 19.6 Å². The first-order chi connectivity index (χ1) is 5.00. The average Bonchev–Trinajstić information content (AvgIpc) is 1.88. The van der Waals surface area contributed by atoms with Crippen LogP contribution in [0.2, 0.25) is 0 Å².